The number of piperazine rings is 1. The second-order valence-electron chi connectivity index (χ2n) is 9.07. The molecular weight excluding hydrogens is 507 g/mol. The highest BCUT2D eigenvalue weighted by Gasteiger charge is 2.29. The van der Waals surface area contributed by atoms with Crippen LogP contribution in [0.5, 0.6) is 0 Å². The van der Waals surface area contributed by atoms with E-state index in [2.05, 4.69) is 30.3 Å². The van der Waals surface area contributed by atoms with E-state index >= 15 is 0 Å². The third-order valence-corrected chi connectivity index (χ3v) is 8.47. The summed E-state index contributed by atoms with van der Waals surface area (Å²) in [6.45, 7) is 1.97. The van der Waals surface area contributed by atoms with Crippen molar-refractivity contribution < 1.29 is 12.8 Å². The van der Waals surface area contributed by atoms with Gasteiger partial charge >= 0.3 is 0 Å². The fourth-order valence-corrected chi connectivity index (χ4v) is 6.03. The van der Waals surface area contributed by atoms with E-state index in [4.69, 9.17) is 0 Å². The van der Waals surface area contributed by atoms with Gasteiger partial charge in [-0.2, -0.15) is 9.40 Å². The van der Waals surface area contributed by atoms with Gasteiger partial charge in [0, 0.05) is 79.7 Å². The summed E-state index contributed by atoms with van der Waals surface area (Å²) in [5, 5.41) is 7.96. The van der Waals surface area contributed by atoms with Crippen LogP contribution in [0.2, 0.25) is 0 Å². The molecule has 6 rings (SSSR count). The number of halogens is 1. The van der Waals surface area contributed by atoms with Gasteiger partial charge in [0.1, 0.15) is 10.7 Å². The van der Waals surface area contributed by atoms with E-state index in [-0.39, 0.29) is 10.7 Å². The van der Waals surface area contributed by atoms with Crippen LogP contribution in [-0.2, 0) is 17.1 Å². The molecule has 4 heterocycles. The van der Waals surface area contributed by atoms with Crippen LogP contribution in [0, 0.1) is 5.82 Å². The highest BCUT2D eigenvalue weighted by Crippen LogP contribution is 2.29. The minimum absolute atomic E-state index is 0.215. The molecule has 0 radical (unpaired) electrons. The molecule has 2 aromatic carbocycles. The number of sulfonamides is 1. The van der Waals surface area contributed by atoms with Crippen LogP contribution >= 0.6 is 0 Å². The minimum Gasteiger partial charge on any atom is -0.369 e. The van der Waals surface area contributed by atoms with Crippen molar-refractivity contribution in [2.24, 2.45) is 7.05 Å². The molecule has 194 valence electrons. The van der Waals surface area contributed by atoms with E-state index in [0.29, 0.717) is 37.8 Å². The lowest BCUT2D eigenvalue weighted by Crippen LogP contribution is -2.48. The van der Waals surface area contributed by atoms with Crippen molar-refractivity contribution in [2.75, 3.05) is 36.4 Å². The summed E-state index contributed by atoms with van der Waals surface area (Å²) in [5.41, 5.74) is 4.12. The lowest BCUT2D eigenvalue weighted by Gasteiger charge is -2.35. The minimum atomic E-state index is -3.54. The zero-order chi connectivity index (χ0) is 26.3. The second-order valence-corrected chi connectivity index (χ2v) is 11.0. The van der Waals surface area contributed by atoms with Gasteiger partial charge in [-0.3, -0.25) is 4.68 Å². The molecule has 2 N–H and O–H groups in total. The number of aromatic amines is 1. The van der Waals surface area contributed by atoms with Crippen LogP contribution in [0.25, 0.3) is 22.2 Å². The summed E-state index contributed by atoms with van der Waals surface area (Å²) in [6, 6.07) is 14.2. The van der Waals surface area contributed by atoms with E-state index in [1.807, 2.05) is 30.5 Å². The monoisotopic (exact) mass is 532 g/mol. The van der Waals surface area contributed by atoms with E-state index in [1.54, 1.807) is 25.4 Å². The SMILES string of the molecule is Cn1cc(S(=O)(=O)N2CCN(c3ccc(Nc4nccc(-c5c[nH]c6ccc(F)cc56)n4)cc3)CC2)cn1. The van der Waals surface area contributed by atoms with Crippen molar-refractivity contribution in [3.8, 4) is 11.3 Å². The number of aryl methyl sites for hydroxylation is 1. The predicted molar refractivity (Wildman–Crippen MR) is 143 cm³/mol. The van der Waals surface area contributed by atoms with Gasteiger partial charge in [-0.15, -0.1) is 0 Å². The molecule has 0 amide bonds. The zero-order valence-corrected chi connectivity index (χ0v) is 21.4. The maximum absolute atomic E-state index is 13.8. The highest BCUT2D eigenvalue weighted by molar-refractivity contribution is 7.89. The maximum Gasteiger partial charge on any atom is 0.246 e. The lowest BCUT2D eigenvalue weighted by atomic mass is 10.1. The Hall–Kier alpha value is -4.29. The fraction of sp³-hybridized carbons (Fsp3) is 0.192. The Kier molecular flexibility index (Phi) is 6.04. The normalized spacial score (nSPS) is 14.7. The van der Waals surface area contributed by atoms with Crippen LogP contribution in [0.4, 0.5) is 21.7 Å². The maximum atomic E-state index is 13.8. The molecule has 0 bridgehead atoms. The Labute approximate surface area is 218 Å². The number of fused-ring (bicyclic) bond motifs is 1. The third-order valence-electron chi connectivity index (χ3n) is 6.62. The molecule has 10 nitrogen and oxygen atoms in total. The molecule has 0 spiro atoms. The molecule has 3 aromatic heterocycles. The second kappa shape index (κ2) is 9.54. The van der Waals surface area contributed by atoms with E-state index in [0.717, 1.165) is 27.8 Å². The van der Waals surface area contributed by atoms with Gasteiger partial charge in [0.2, 0.25) is 16.0 Å². The van der Waals surface area contributed by atoms with Gasteiger partial charge in [0.15, 0.2) is 0 Å². The fourth-order valence-electron chi connectivity index (χ4n) is 4.63. The molecule has 38 heavy (non-hydrogen) atoms. The Balaban J connectivity index is 1.12. The van der Waals surface area contributed by atoms with Crippen molar-refractivity contribution >= 4 is 38.2 Å². The Bertz CT molecular complexity index is 1710. The molecule has 5 aromatic rings. The number of nitrogens with zero attached hydrogens (tertiary/aromatic N) is 6. The first kappa shape index (κ1) is 24.1. The highest BCUT2D eigenvalue weighted by atomic mass is 32.2. The number of nitrogens with one attached hydrogen (secondary N) is 2. The molecule has 0 saturated carbocycles. The summed E-state index contributed by atoms with van der Waals surface area (Å²) in [7, 11) is -1.84. The first-order valence-electron chi connectivity index (χ1n) is 12.1. The van der Waals surface area contributed by atoms with E-state index < -0.39 is 10.0 Å². The average Bonchev–Trinajstić information content (AvgIpc) is 3.56. The number of benzene rings is 2. The molecule has 12 heteroatoms. The van der Waals surface area contributed by atoms with E-state index in [1.165, 1.54) is 33.5 Å². The molecular formula is C26H25FN8O2S. The lowest BCUT2D eigenvalue weighted by molar-refractivity contribution is 0.385. The Morgan fingerprint density at radius 3 is 2.55 bits per heavy atom. The predicted octanol–water partition coefficient (Wildman–Crippen LogP) is 3.75. The van der Waals surface area contributed by atoms with Crippen LogP contribution in [0.3, 0.4) is 0 Å². The molecule has 0 aliphatic carbocycles. The van der Waals surface area contributed by atoms with Gasteiger partial charge < -0.3 is 15.2 Å². The number of hydrogen-bond donors (Lipinski definition) is 2. The molecule has 1 fully saturated rings. The van der Waals surface area contributed by atoms with Crippen LogP contribution < -0.4 is 10.2 Å². The van der Waals surface area contributed by atoms with Crippen molar-refractivity contribution in [2.45, 2.75) is 4.90 Å². The number of aromatic nitrogens is 5. The quantitative estimate of drug-likeness (QED) is 0.343. The third kappa shape index (κ3) is 4.59. The van der Waals surface area contributed by atoms with Gasteiger partial charge in [0.25, 0.3) is 0 Å². The van der Waals surface area contributed by atoms with Crippen LogP contribution in [0.1, 0.15) is 0 Å². The summed E-state index contributed by atoms with van der Waals surface area (Å²) in [6.07, 6.45) is 6.38. The van der Waals surface area contributed by atoms with E-state index in [9.17, 15) is 12.8 Å². The molecule has 1 saturated heterocycles. The van der Waals surface area contributed by atoms with Gasteiger partial charge in [0.05, 0.1) is 11.9 Å². The van der Waals surface area contributed by atoms with Gasteiger partial charge in [-0.25, -0.2) is 22.8 Å². The zero-order valence-electron chi connectivity index (χ0n) is 20.5. The van der Waals surface area contributed by atoms with Crippen molar-refractivity contribution in [3.05, 3.63) is 79.1 Å². The number of rotatable bonds is 6. The molecule has 1 aliphatic rings. The number of anilines is 3. The van der Waals surface area contributed by atoms with Crippen molar-refractivity contribution in [3.63, 3.8) is 0 Å². The topological polar surface area (TPSA) is 112 Å². The summed E-state index contributed by atoms with van der Waals surface area (Å²) in [4.78, 5) is 14.5. The van der Waals surface area contributed by atoms with Gasteiger partial charge in [-0.1, -0.05) is 0 Å². The first-order valence-corrected chi connectivity index (χ1v) is 13.5. The molecule has 1 aliphatic heterocycles. The summed E-state index contributed by atoms with van der Waals surface area (Å²) >= 11 is 0. The molecule has 0 atom stereocenters. The summed E-state index contributed by atoms with van der Waals surface area (Å²) < 4.78 is 42.5. The van der Waals surface area contributed by atoms with Crippen molar-refractivity contribution in [1.82, 2.24) is 29.0 Å². The Morgan fingerprint density at radius 1 is 1.03 bits per heavy atom. The first-order chi connectivity index (χ1) is 18.4. The Morgan fingerprint density at radius 2 is 1.82 bits per heavy atom. The van der Waals surface area contributed by atoms with Gasteiger partial charge in [-0.05, 0) is 48.5 Å². The van der Waals surface area contributed by atoms with Crippen LogP contribution in [-0.4, -0.2) is 63.6 Å². The number of H-pyrrole nitrogens is 1. The standard InChI is InChI=1S/C26H25FN8O2S/c1-33-17-21(15-30-33)38(36,37)35-12-10-34(11-13-35)20-5-3-19(4-6-20)31-26-28-9-8-25(32-26)23-16-29-24-7-2-18(27)14-22(23)24/h2-9,14-17,29H,10-13H2,1H3,(H,28,31,32). The summed E-state index contributed by atoms with van der Waals surface area (Å²) in [5.74, 6) is 0.123. The molecule has 0 unspecified atom stereocenters. The van der Waals surface area contributed by atoms with Crippen LogP contribution in [0.15, 0.2) is 78.2 Å². The number of hydrogen-bond acceptors (Lipinski definition) is 7. The average molecular weight is 533 g/mol. The van der Waals surface area contributed by atoms with Crippen molar-refractivity contribution in [1.29, 1.82) is 0 Å². The largest absolute Gasteiger partial charge is 0.369 e. The smallest absolute Gasteiger partial charge is 0.246 e.